The molecule has 0 aliphatic carbocycles. The summed E-state index contributed by atoms with van der Waals surface area (Å²) in [6.45, 7) is 3.57. The second-order valence-electron chi connectivity index (χ2n) is 4.64. The second kappa shape index (κ2) is 6.69. The maximum atomic E-state index is 12.5. The van der Waals surface area contributed by atoms with Crippen molar-refractivity contribution in [3.63, 3.8) is 0 Å². The minimum Gasteiger partial charge on any atom is -0.495 e. The highest BCUT2D eigenvalue weighted by Crippen LogP contribution is 2.28. The van der Waals surface area contributed by atoms with Crippen molar-refractivity contribution >= 4 is 21.7 Å². The molecule has 1 aromatic heterocycles. The predicted octanol–water partition coefficient (Wildman–Crippen LogP) is 1.70. The van der Waals surface area contributed by atoms with Crippen LogP contribution in [0.1, 0.15) is 22.8 Å². The molecular formula is C14H17N3O5S. The summed E-state index contributed by atoms with van der Waals surface area (Å²) in [7, 11) is -2.63. The number of aryl methyl sites for hydroxylation is 1. The van der Waals surface area contributed by atoms with Gasteiger partial charge in [0.1, 0.15) is 11.3 Å². The van der Waals surface area contributed by atoms with Crippen molar-refractivity contribution in [3.8, 4) is 5.75 Å². The van der Waals surface area contributed by atoms with Gasteiger partial charge in [-0.3, -0.25) is 9.82 Å². The lowest BCUT2D eigenvalue weighted by molar-refractivity contribution is 0.0522. The monoisotopic (exact) mass is 339 g/mol. The third-order valence-electron chi connectivity index (χ3n) is 2.97. The molecule has 0 unspecified atom stereocenters. The Hall–Kier alpha value is -2.55. The first-order chi connectivity index (χ1) is 10.9. The first-order valence-electron chi connectivity index (χ1n) is 6.77. The van der Waals surface area contributed by atoms with Crippen LogP contribution < -0.4 is 9.46 Å². The van der Waals surface area contributed by atoms with Gasteiger partial charge in [-0.2, -0.15) is 13.5 Å². The number of aromatic amines is 1. The van der Waals surface area contributed by atoms with E-state index in [0.717, 1.165) is 11.8 Å². The number of carbonyl (C=O) groups is 1. The third kappa shape index (κ3) is 3.62. The number of esters is 1. The van der Waals surface area contributed by atoms with Crippen molar-refractivity contribution in [2.45, 2.75) is 18.9 Å². The number of anilines is 1. The first kappa shape index (κ1) is 16.8. The zero-order chi connectivity index (χ0) is 17.0. The molecule has 8 nitrogen and oxygen atoms in total. The van der Waals surface area contributed by atoms with E-state index in [0.29, 0.717) is 5.75 Å². The number of nitrogens with one attached hydrogen (secondary N) is 2. The van der Waals surface area contributed by atoms with Crippen LogP contribution in [0.4, 0.5) is 5.69 Å². The van der Waals surface area contributed by atoms with E-state index in [9.17, 15) is 13.2 Å². The van der Waals surface area contributed by atoms with E-state index in [-0.39, 0.29) is 22.9 Å². The Balaban J connectivity index is 2.39. The molecule has 0 radical (unpaired) electrons. The number of aromatic nitrogens is 2. The summed E-state index contributed by atoms with van der Waals surface area (Å²) < 4.78 is 37.4. The standard InChI is InChI=1S/C14H17N3O5S/c1-4-22-14(18)10-8-15-16-13(10)23(19,20)17-11-7-9(2)5-6-12(11)21-3/h5-8,17H,4H2,1-3H3,(H,15,16). The van der Waals surface area contributed by atoms with Gasteiger partial charge in [-0.05, 0) is 31.5 Å². The number of nitrogens with zero attached hydrogens (tertiary/aromatic N) is 1. The quantitative estimate of drug-likeness (QED) is 0.775. The molecule has 1 aromatic carbocycles. The summed E-state index contributed by atoms with van der Waals surface area (Å²) in [5, 5.41) is 5.57. The average Bonchev–Trinajstić information content (AvgIpc) is 2.98. The fourth-order valence-corrected chi connectivity index (χ4v) is 3.08. The summed E-state index contributed by atoms with van der Waals surface area (Å²) >= 11 is 0. The molecule has 0 atom stereocenters. The molecule has 1 heterocycles. The topological polar surface area (TPSA) is 110 Å². The fourth-order valence-electron chi connectivity index (χ4n) is 1.93. The van der Waals surface area contributed by atoms with E-state index >= 15 is 0 Å². The smallest absolute Gasteiger partial charge is 0.342 e. The highest BCUT2D eigenvalue weighted by atomic mass is 32.2. The van der Waals surface area contributed by atoms with Gasteiger partial charge in [-0.15, -0.1) is 0 Å². The number of methoxy groups -OCH3 is 1. The molecule has 2 rings (SSSR count). The van der Waals surface area contributed by atoms with Gasteiger partial charge in [0.25, 0.3) is 10.0 Å². The van der Waals surface area contributed by atoms with Crippen LogP contribution in [0.25, 0.3) is 0 Å². The fraction of sp³-hybridized carbons (Fsp3) is 0.286. The first-order valence-corrected chi connectivity index (χ1v) is 8.25. The molecule has 0 aliphatic heterocycles. The molecule has 0 aliphatic rings. The van der Waals surface area contributed by atoms with Crippen LogP contribution in [0.2, 0.25) is 0 Å². The van der Waals surface area contributed by atoms with Crippen LogP contribution in [0.5, 0.6) is 5.75 Å². The number of hydrogen-bond donors (Lipinski definition) is 2. The van der Waals surface area contributed by atoms with E-state index in [4.69, 9.17) is 9.47 Å². The van der Waals surface area contributed by atoms with Crippen molar-refractivity contribution in [2.75, 3.05) is 18.4 Å². The van der Waals surface area contributed by atoms with Crippen LogP contribution >= 0.6 is 0 Å². The van der Waals surface area contributed by atoms with Gasteiger partial charge in [-0.1, -0.05) is 6.07 Å². The molecule has 0 spiro atoms. The largest absolute Gasteiger partial charge is 0.495 e. The number of sulfonamides is 1. The van der Waals surface area contributed by atoms with Crippen LogP contribution in [0.3, 0.4) is 0 Å². The molecule has 0 amide bonds. The van der Waals surface area contributed by atoms with Gasteiger partial charge < -0.3 is 9.47 Å². The third-order valence-corrected chi connectivity index (χ3v) is 4.31. The van der Waals surface area contributed by atoms with Gasteiger partial charge in [-0.25, -0.2) is 4.79 Å². The molecule has 124 valence electrons. The van der Waals surface area contributed by atoms with Gasteiger partial charge in [0.15, 0.2) is 5.03 Å². The Morgan fingerprint density at radius 2 is 2.13 bits per heavy atom. The zero-order valence-corrected chi connectivity index (χ0v) is 13.7. The summed E-state index contributed by atoms with van der Waals surface area (Å²) in [5.74, 6) is -0.408. The van der Waals surface area contributed by atoms with Crippen LogP contribution in [0, 0.1) is 6.92 Å². The molecule has 9 heteroatoms. The van der Waals surface area contributed by atoms with E-state index in [2.05, 4.69) is 14.9 Å². The van der Waals surface area contributed by atoms with Gasteiger partial charge >= 0.3 is 5.97 Å². The minimum absolute atomic E-state index is 0.128. The zero-order valence-electron chi connectivity index (χ0n) is 12.9. The van der Waals surface area contributed by atoms with Crippen molar-refractivity contribution in [2.24, 2.45) is 0 Å². The highest BCUT2D eigenvalue weighted by Gasteiger charge is 2.26. The molecule has 0 fully saturated rings. The number of H-pyrrole nitrogens is 1. The normalized spacial score (nSPS) is 11.1. The highest BCUT2D eigenvalue weighted by molar-refractivity contribution is 7.92. The summed E-state index contributed by atoms with van der Waals surface area (Å²) in [6, 6.07) is 5.06. The summed E-state index contributed by atoms with van der Waals surface area (Å²) in [6.07, 6.45) is 1.11. The van der Waals surface area contributed by atoms with Crippen LogP contribution in [-0.4, -0.2) is 38.3 Å². The van der Waals surface area contributed by atoms with Crippen LogP contribution in [-0.2, 0) is 14.8 Å². The lowest BCUT2D eigenvalue weighted by atomic mass is 10.2. The minimum atomic E-state index is -4.06. The Bertz CT molecular complexity index is 814. The van der Waals surface area contributed by atoms with Gasteiger partial charge in [0.05, 0.1) is 25.6 Å². The van der Waals surface area contributed by atoms with E-state index < -0.39 is 16.0 Å². The Morgan fingerprint density at radius 3 is 2.78 bits per heavy atom. The van der Waals surface area contributed by atoms with Crippen LogP contribution in [0.15, 0.2) is 29.4 Å². The van der Waals surface area contributed by atoms with Crippen molar-refractivity contribution < 1.29 is 22.7 Å². The average molecular weight is 339 g/mol. The number of benzene rings is 1. The molecule has 0 bridgehead atoms. The maximum Gasteiger partial charge on any atom is 0.342 e. The second-order valence-corrected chi connectivity index (χ2v) is 6.26. The molecule has 2 N–H and O–H groups in total. The van der Waals surface area contributed by atoms with E-state index in [1.165, 1.54) is 7.11 Å². The molecule has 2 aromatic rings. The molecule has 0 saturated carbocycles. The van der Waals surface area contributed by atoms with Crippen molar-refractivity contribution in [3.05, 3.63) is 35.5 Å². The van der Waals surface area contributed by atoms with E-state index in [1.54, 1.807) is 25.1 Å². The lowest BCUT2D eigenvalue weighted by Gasteiger charge is -2.12. The number of carbonyl (C=O) groups excluding carboxylic acids is 1. The lowest BCUT2D eigenvalue weighted by Crippen LogP contribution is -2.18. The Labute approximate surface area is 133 Å². The SMILES string of the molecule is CCOC(=O)c1cn[nH]c1S(=O)(=O)Nc1cc(C)ccc1OC. The predicted molar refractivity (Wildman–Crippen MR) is 83.1 cm³/mol. The van der Waals surface area contributed by atoms with Gasteiger partial charge in [0.2, 0.25) is 0 Å². The van der Waals surface area contributed by atoms with Crippen molar-refractivity contribution in [1.29, 1.82) is 0 Å². The summed E-state index contributed by atoms with van der Waals surface area (Å²) in [4.78, 5) is 11.8. The maximum absolute atomic E-state index is 12.5. The van der Waals surface area contributed by atoms with E-state index in [1.807, 2.05) is 6.92 Å². The molecular weight excluding hydrogens is 322 g/mol. The molecule has 23 heavy (non-hydrogen) atoms. The Morgan fingerprint density at radius 1 is 1.39 bits per heavy atom. The Kier molecular flexibility index (Phi) is 4.89. The molecule has 0 saturated heterocycles. The number of hydrogen-bond acceptors (Lipinski definition) is 6. The number of ether oxygens (including phenoxy) is 2. The summed E-state index contributed by atoms with van der Waals surface area (Å²) in [5.41, 5.74) is 0.946. The number of rotatable bonds is 6. The van der Waals surface area contributed by atoms with Crippen molar-refractivity contribution in [1.82, 2.24) is 10.2 Å². The van der Waals surface area contributed by atoms with Gasteiger partial charge in [0, 0.05) is 0 Å².